The van der Waals surface area contributed by atoms with Crippen LogP contribution in [0.5, 0.6) is 0 Å². The molecule has 2 N–H and O–H groups in total. The third-order valence-electron chi connectivity index (χ3n) is 2.49. The summed E-state index contributed by atoms with van der Waals surface area (Å²) < 4.78 is 4.75. The number of hydrogen-bond acceptors (Lipinski definition) is 5. The van der Waals surface area contributed by atoms with Crippen molar-refractivity contribution in [2.24, 2.45) is 5.73 Å². The number of nitrogens with zero attached hydrogens (tertiary/aromatic N) is 3. The molecule has 0 spiro atoms. The maximum Gasteiger partial charge on any atom is 0.122 e. The van der Waals surface area contributed by atoms with E-state index in [1.54, 1.807) is 0 Å². The van der Waals surface area contributed by atoms with Gasteiger partial charge in [0.25, 0.3) is 0 Å². The zero-order valence-corrected chi connectivity index (χ0v) is 8.60. The van der Waals surface area contributed by atoms with Crippen LogP contribution >= 0.6 is 0 Å². The molecule has 1 aliphatic heterocycles. The van der Waals surface area contributed by atoms with Crippen LogP contribution in [0.15, 0.2) is 4.63 Å². The lowest BCUT2D eigenvalue weighted by Gasteiger charge is -2.36. The largest absolute Gasteiger partial charge is 0.325 e. The number of likely N-dealkylation sites (tertiary alicyclic amines) is 1. The molecule has 1 aliphatic rings. The first kappa shape index (κ1) is 9.61. The van der Waals surface area contributed by atoms with Crippen LogP contribution in [-0.4, -0.2) is 34.3 Å². The molecule has 0 saturated carbocycles. The standard InChI is InChI=1S/C9H16N4O/c1-6(2)9-8(11-14-12-9)5-13-3-7(10)4-13/h6-7H,3-5,10H2,1-2H3. The van der Waals surface area contributed by atoms with Crippen molar-refractivity contribution in [2.75, 3.05) is 13.1 Å². The lowest BCUT2D eigenvalue weighted by molar-refractivity contribution is 0.138. The van der Waals surface area contributed by atoms with Crippen LogP contribution in [0, 0.1) is 0 Å². The van der Waals surface area contributed by atoms with Crippen LogP contribution in [0.4, 0.5) is 0 Å². The normalized spacial score (nSPS) is 18.9. The van der Waals surface area contributed by atoms with Gasteiger partial charge in [0.15, 0.2) is 0 Å². The first-order valence-corrected chi connectivity index (χ1v) is 4.96. The molecule has 5 nitrogen and oxygen atoms in total. The molecule has 0 bridgehead atoms. The van der Waals surface area contributed by atoms with Gasteiger partial charge in [-0.25, -0.2) is 4.63 Å². The molecule has 5 heteroatoms. The SMILES string of the molecule is CC(C)c1nonc1CN1CC(N)C1. The Kier molecular flexibility index (Phi) is 2.52. The second-order valence-corrected chi connectivity index (χ2v) is 4.21. The van der Waals surface area contributed by atoms with Gasteiger partial charge in [-0.3, -0.25) is 4.90 Å². The fourth-order valence-electron chi connectivity index (χ4n) is 1.71. The molecule has 78 valence electrons. The predicted octanol–water partition coefficient (Wildman–Crippen LogP) is 0.336. The lowest BCUT2D eigenvalue weighted by Crippen LogP contribution is -2.55. The Morgan fingerprint density at radius 1 is 1.50 bits per heavy atom. The monoisotopic (exact) mass is 196 g/mol. The van der Waals surface area contributed by atoms with E-state index < -0.39 is 0 Å². The number of nitrogens with two attached hydrogens (primary N) is 1. The van der Waals surface area contributed by atoms with E-state index in [1.807, 2.05) is 0 Å². The van der Waals surface area contributed by atoms with Gasteiger partial charge in [0, 0.05) is 31.6 Å². The fraction of sp³-hybridized carbons (Fsp3) is 0.778. The average Bonchev–Trinajstić information content (AvgIpc) is 2.49. The predicted molar refractivity (Wildman–Crippen MR) is 51.6 cm³/mol. The second-order valence-electron chi connectivity index (χ2n) is 4.21. The Hall–Kier alpha value is -0.940. The van der Waals surface area contributed by atoms with Gasteiger partial charge in [0.2, 0.25) is 0 Å². The van der Waals surface area contributed by atoms with E-state index in [4.69, 9.17) is 10.4 Å². The highest BCUT2D eigenvalue weighted by Crippen LogP contribution is 2.18. The molecule has 0 atom stereocenters. The Morgan fingerprint density at radius 2 is 2.21 bits per heavy atom. The minimum atomic E-state index is 0.331. The summed E-state index contributed by atoms with van der Waals surface area (Å²) in [7, 11) is 0. The van der Waals surface area contributed by atoms with Gasteiger partial charge in [0.1, 0.15) is 11.4 Å². The quantitative estimate of drug-likeness (QED) is 0.754. The van der Waals surface area contributed by atoms with Gasteiger partial charge in [0.05, 0.1) is 0 Å². The maximum absolute atomic E-state index is 5.69. The number of aromatic nitrogens is 2. The van der Waals surface area contributed by atoms with Crippen molar-refractivity contribution in [1.82, 2.24) is 15.2 Å². The molecule has 0 amide bonds. The summed E-state index contributed by atoms with van der Waals surface area (Å²) in [4.78, 5) is 2.25. The highest BCUT2D eigenvalue weighted by atomic mass is 16.6. The minimum Gasteiger partial charge on any atom is -0.325 e. The summed E-state index contributed by atoms with van der Waals surface area (Å²) in [6.07, 6.45) is 0. The van der Waals surface area contributed by atoms with Crippen LogP contribution in [0.25, 0.3) is 0 Å². The van der Waals surface area contributed by atoms with Crippen molar-refractivity contribution in [1.29, 1.82) is 0 Å². The topological polar surface area (TPSA) is 68.2 Å². The Bertz CT molecular complexity index is 304. The third kappa shape index (κ3) is 1.78. The van der Waals surface area contributed by atoms with E-state index in [0.29, 0.717) is 12.0 Å². The van der Waals surface area contributed by atoms with E-state index in [-0.39, 0.29) is 0 Å². The molecule has 0 radical (unpaired) electrons. The molecule has 1 saturated heterocycles. The van der Waals surface area contributed by atoms with Gasteiger partial charge in [-0.2, -0.15) is 0 Å². The Balaban J connectivity index is 1.98. The van der Waals surface area contributed by atoms with Gasteiger partial charge < -0.3 is 5.73 Å². The van der Waals surface area contributed by atoms with Gasteiger partial charge in [-0.15, -0.1) is 0 Å². The summed E-state index contributed by atoms with van der Waals surface area (Å²) in [5.41, 5.74) is 7.61. The smallest absolute Gasteiger partial charge is 0.122 e. The van der Waals surface area contributed by atoms with Crippen molar-refractivity contribution >= 4 is 0 Å². The molecule has 2 rings (SSSR count). The van der Waals surface area contributed by atoms with Crippen LogP contribution in [-0.2, 0) is 6.54 Å². The Labute approximate surface area is 83.2 Å². The molecular formula is C9H16N4O. The third-order valence-corrected chi connectivity index (χ3v) is 2.49. The molecule has 1 aromatic rings. The molecule has 0 aromatic carbocycles. The van der Waals surface area contributed by atoms with Crippen LogP contribution in [0.3, 0.4) is 0 Å². The maximum atomic E-state index is 5.69. The zero-order valence-electron chi connectivity index (χ0n) is 8.60. The minimum absolute atomic E-state index is 0.331. The van der Waals surface area contributed by atoms with Crippen molar-refractivity contribution < 1.29 is 4.63 Å². The molecular weight excluding hydrogens is 180 g/mol. The summed E-state index contributed by atoms with van der Waals surface area (Å²) in [6, 6.07) is 0.331. The highest BCUT2D eigenvalue weighted by molar-refractivity contribution is 5.12. The van der Waals surface area contributed by atoms with Crippen molar-refractivity contribution in [3.05, 3.63) is 11.4 Å². The van der Waals surface area contributed by atoms with E-state index in [2.05, 4.69) is 29.1 Å². The highest BCUT2D eigenvalue weighted by Gasteiger charge is 2.25. The van der Waals surface area contributed by atoms with E-state index in [0.717, 1.165) is 31.0 Å². The van der Waals surface area contributed by atoms with Gasteiger partial charge in [-0.1, -0.05) is 24.2 Å². The molecule has 0 unspecified atom stereocenters. The van der Waals surface area contributed by atoms with Gasteiger partial charge >= 0.3 is 0 Å². The van der Waals surface area contributed by atoms with Crippen molar-refractivity contribution in [3.8, 4) is 0 Å². The molecule has 1 aromatic heterocycles. The first-order valence-electron chi connectivity index (χ1n) is 4.96. The Morgan fingerprint density at radius 3 is 2.79 bits per heavy atom. The molecule has 0 aliphatic carbocycles. The average molecular weight is 196 g/mol. The van der Waals surface area contributed by atoms with E-state index >= 15 is 0 Å². The molecule has 1 fully saturated rings. The van der Waals surface area contributed by atoms with E-state index in [9.17, 15) is 0 Å². The summed E-state index contributed by atoms with van der Waals surface area (Å²) in [5.74, 6) is 0.367. The summed E-state index contributed by atoms with van der Waals surface area (Å²) in [5, 5.41) is 7.82. The molecule has 2 heterocycles. The van der Waals surface area contributed by atoms with Crippen LogP contribution in [0.1, 0.15) is 31.2 Å². The van der Waals surface area contributed by atoms with E-state index in [1.165, 1.54) is 0 Å². The van der Waals surface area contributed by atoms with Crippen LogP contribution < -0.4 is 5.73 Å². The fourth-order valence-corrected chi connectivity index (χ4v) is 1.71. The van der Waals surface area contributed by atoms with Gasteiger partial charge in [-0.05, 0) is 0 Å². The summed E-state index contributed by atoms with van der Waals surface area (Å²) >= 11 is 0. The first-order chi connectivity index (χ1) is 6.66. The lowest BCUT2D eigenvalue weighted by atomic mass is 10.1. The van der Waals surface area contributed by atoms with Crippen LogP contribution in [0.2, 0.25) is 0 Å². The van der Waals surface area contributed by atoms with Crippen molar-refractivity contribution in [3.63, 3.8) is 0 Å². The second kappa shape index (κ2) is 3.67. The number of rotatable bonds is 3. The molecule has 14 heavy (non-hydrogen) atoms. The zero-order chi connectivity index (χ0) is 10.1. The van der Waals surface area contributed by atoms with Crippen molar-refractivity contribution in [2.45, 2.75) is 32.4 Å². The summed E-state index contributed by atoms with van der Waals surface area (Å²) in [6.45, 7) is 6.88. The number of hydrogen-bond donors (Lipinski definition) is 1.